The van der Waals surface area contributed by atoms with Gasteiger partial charge in [0.25, 0.3) is 5.91 Å². The van der Waals surface area contributed by atoms with Gasteiger partial charge in [0.2, 0.25) is 0 Å². The van der Waals surface area contributed by atoms with E-state index in [2.05, 4.69) is 37.1 Å². The number of aromatic nitrogens is 1. The summed E-state index contributed by atoms with van der Waals surface area (Å²) in [5.41, 5.74) is 3.11. The molecule has 2 aromatic rings. The molecule has 0 fully saturated rings. The molecule has 1 atom stereocenters. The molecule has 0 radical (unpaired) electrons. The lowest BCUT2D eigenvalue weighted by molar-refractivity contribution is -0.122. The molecule has 1 unspecified atom stereocenters. The van der Waals surface area contributed by atoms with Gasteiger partial charge in [0.1, 0.15) is 11.6 Å². The Bertz CT molecular complexity index is 724. The van der Waals surface area contributed by atoms with Crippen molar-refractivity contribution in [1.82, 2.24) is 4.98 Å². The lowest BCUT2D eigenvalue weighted by atomic mass is 9.98. The van der Waals surface area contributed by atoms with E-state index in [0.29, 0.717) is 17.4 Å². The molecule has 2 rings (SSSR count). The Kier molecular flexibility index (Phi) is 6.02. The minimum absolute atomic E-state index is 0.204. The van der Waals surface area contributed by atoms with E-state index in [1.54, 1.807) is 13.1 Å². The molecule has 1 heterocycles. The van der Waals surface area contributed by atoms with Gasteiger partial charge in [0.05, 0.1) is 11.9 Å². The third kappa shape index (κ3) is 4.95. The van der Waals surface area contributed by atoms with Gasteiger partial charge >= 0.3 is 0 Å². The van der Waals surface area contributed by atoms with Gasteiger partial charge in [-0.3, -0.25) is 4.79 Å². The topological polar surface area (TPSA) is 54.5 Å². The maximum absolute atomic E-state index is 12.3. The lowest BCUT2D eigenvalue weighted by Gasteiger charge is -2.17. The van der Waals surface area contributed by atoms with Crippen molar-refractivity contribution in [2.75, 3.05) is 24.3 Å². The average molecular weight is 341 g/mol. The number of hydrogen-bond acceptors (Lipinski definition) is 4. The summed E-state index contributed by atoms with van der Waals surface area (Å²) in [5, 5.41) is 2.83. The van der Waals surface area contributed by atoms with Crippen LogP contribution < -0.4 is 15.0 Å². The molecule has 0 aliphatic rings. The number of nitrogens with zero attached hydrogens (tertiary/aromatic N) is 2. The van der Waals surface area contributed by atoms with Crippen LogP contribution in [0.5, 0.6) is 5.75 Å². The summed E-state index contributed by atoms with van der Waals surface area (Å²) in [7, 11) is 3.84. The number of nitrogens with one attached hydrogen (secondary N) is 1. The first-order chi connectivity index (χ1) is 11.8. The van der Waals surface area contributed by atoms with Crippen molar-refractivity contribution in [1.29, 1.82) is 0 Å². The van der Waals surface area contributed by atoms with Crippen LogP contribution in [0.2, 0.25) is 0 Å². The Morgan fingerprint density at radius 3 is 2.40 bits per heavy atom. The van der Waals surface area contributed by atoms with Gasteiger partial charge in [-0.2, -0.15) is 0 Å². The number of rotatable bonds is 6. The summed E-state index contributed by atoms with van der Waals surface area (Å²) < 4.78 is 5.79. The number of aryl methyl sites for hydroxylation is 1. The predicted octanol–water partition coefficient (Wildman–Crippen LogP) is 3.99. The predicted molar refractivity (Wildman–Crippen MR) is 103 cm³/mol. The van der Waals surface area contributed by atoms with Crippen LogP contribution in [0.1, 0.15) is 37.8 Å². The second-order valence-electron chi connectivity index (χ2n) is 6.72. The molecule has 1 N–H and O–H groups in total. The summed E-state index contributed by atoms with van der Waals surface area (Å²) in [6.07, 6.45) is 1.04. The standard InChI is InChI=1S/C20H27N3O2/c1-13(2)18-9-8-17(11-14(18)3)25-15(4)20(24)22-16-7-10-19(21-12-16)23(5)6/h7-13,15H,1-6H3,(H,22,24). The first kappa shape index (κ1) is 18.8. The smallest absolute Gasteiger partial charge is 0.265 e. The van der Waals surface area contributed by atoms with Crippen LogP contribution in [-0.4, -0.2) is 31.1 Å². The minimum atomic E-state index is -0.599. The molecule has 5 nitrogen and oxygen atoms in total. The second-order valence-corrected chi connectivity index (χ2v) is 6.72. The number of carbonyl (C=O) groups excluding carboxylic acids is 1. The number of benzene rings is 1. The number of anilines is 2. The first-order valence-electron chi connectivity index (χ1n) is 8.49. The fourth-order valence-corrected chi connectivity index (χ4v) is 2.60. The molecule has 0 saturated heterocycles. The Morgan fingerprint density at radius 2 is 1.88 bits per heavy atom. The van der Waals surface area contributed by atoms with Crippen LogP contribution in [0.4, 0.5) is 11.5 Å². The van der Waals surface area contributed by atoms with Crippen molar-refractivity contribution >= 4 is 17.4 Å². The molecule has 25 heavy (non-hydrogen) atoms. The maximum Gasteiger partial charge on any atom is 0.265 e. The Labute approximate surface area is 150 Å². The molecular formula is C20H27N3O2. The number of pyridine rings is 1. The van der Waals surface area contributed by atoms with Crippen molar-refractivity contribution in [3.8, 4) is 5.75 Å². The van der Waals surface area contributed by atoms with E-state index < -0.39 is 6.10 Å². The van der Waals surface area contributed by atoms with Crippen LogP contribution in [0, 0.1) is 6.92 Å². The van der Waals surface area contributed by atoms with Crippen molar-refractivity contribution in [3.05, 3.63) is 47.7 Å². The van der Waals surface area contributed by atoms with E-state index in [9.17, 15) is 4.79 Å². The van der Waals surface area contributed by atoms with Gasteiger partial charge < -0.3 is 15.0 Å². The molecule has 1 amide bonds. The lowest BCUT2D eigenvalue weighted by Crippen LogP contribution is -2.30. The highest BCUT2D eigenvalue weighted by Crippen LogP contribution is 2.24. The minimum Gasteiger partial charge on any atom is -0.481 e. The molecule has 134 valence electrons. The molecule has 0 spiro atoms. The zero-order chi connectivity index (χ0) is 18.6. The monoisotopic (exact) mass is 341 g/mol. The van der Waals surface area contributed by atoms with Gasteiger partial charge in [0.15, 0.2) is 6.10 Å². The van der Waals surface area contributed by atoms with Crippen LogP contribution in [0.25, 0.3) is 0 Å². The van der Waals surface area contributed by atoms with Gasteiger partial charge in [-0.15, -0.1) is 0 Å². The molecule has 0 aliphatic heterocycles. The van der Waals surface area contributed by atoms with Gasteiger partial charge in [-0.25, -0.2) is 4.98 Å². The van der Waals surface area contributed by atoms with E-state index in [0.717, 1.165) is 5.82 Å². The number of amides is 1. The summed E-state index contributed by atoms with van der Waals surface area (Å²) in [4.78, 5) is 18.5. The largest absolute Gasteiger partial charge is 0.481 e. The number of ether oxygens (including phenoxy) is 1. The zero-order valence-electron chi connectivity index (χ0n) is 15.8. The van der Waals surface area contributed by atoms with E-state index in [-0.39, 0.29) is 5.91 Å². The Morgan fingerprint density at radius 1 is 1.16 bits per heavy atom. The third-order valence-electron chi connectivity index (χ3n) is 4.02. The molecular weight excluding hydrogens is 314 g/mol. The molecule has 1 aromatic carbocycles. The SMILES string of the molecule is Cc1cc(OC(C)C(=O)Nc2ccc(N(C)C)nc2)ccc1C(C)C. The average Bonchev–Trinajstić information content (AvgIpc) is 2.55. The van der Waals surface area contributed by atoms with E-state index in [1.165, 1.54) is 11.1 Å². The van der Waals surface area contributed by atoms with Gasteiger partial charge in [0, 0.05) is 14.1 Å². The molecule has 1 aromatic heterocycles. The van der Waals surface area contributed by atoms with Crippen LogP contribution in [0.15, 0.2) is 36.5 Å². The first-order valence-corrected chi connectivity index (χ1v) is 8.49. The summed E-state index contributed by atoms with van der Waals surface area (Å²) >= 11 is 0. The van der Waals surface area contributed by atoms with E-state index in [4.69, 9.17) is 4.74 Å². The second kappa shape index (κ2) is 8.01. The maximum atomic E-state index is 12.3. The summed E-state index contributed by atoms with van der Waals surface area (Å²) in [6.45, 7) is 8.12. The van der Waals surface area contributed by atoms with Gasteiger partial charge in [-0.05, 0) is 55.2 Å². The molecule has 0 bridgehead atoms. The van der Waals surface area contributed by atoms with Crippen molar-refractivity contribution in [2.24, 2.45) is 0 Å². The molecule has 0 saturated carbocycles. The third-order valence-corrected chi connectivity index (χ3v) is 4.02. The highest BCUT2D eigenvalue weighted by Gasteiger charge is 2.16. The van der Waals surface area contributed by atoms with Crippen molar-refractivity contribution in [3.63, 3.8) is 0 Å². The normalized spacial score (nSPS) is 12.0. The quantitative estimate of drug-likeness (QED) is 0.863. The summed E-state index contributed by atoms with van der Waals surface area (Å²) in [5.74, 6) is 1.80. The zero-order valence-corrected chi connectivity index (χ0v) is 15.8. The Balaban J connectivity index is 1.99. The van der Waals surface area contributed by atoms with Crippen LogP contribution >= 0.6 is 0 Å². The Hall–Kier alpha value is -2.56. The fraction of sp³-hybridized carbons (Fsp3) is 0.400. The van der Waals surface area contributed by atoms with E-state index in [1.807, 2.05) is 43.3 Å². The molecule has 0 aliphatic carbocycles. The van der Waals surface area contributed by atoms with Crippen molar-refractivity contribution in [2.45, 2.75) is 39.7 Å². The highest BCUT2D eigenvalue weighted by atomic mass is 16.5. The van der Waals surface area contributed by atoms with E-state index >= 15 is 0 Å². The highest BCUT2D eigenvalue weighted by molar-refractivity contribution is 5.94. The van der Waals surface area contributed by atoms with Crippen LogP contribution in [-0.2, 0) is 4.79 Å². The summed E-state index contributed by atoms with van der Waals surface area (Å²) in [6, 6.07) is 9.64. The number of hydrogen-bond donors (Lipinski definition) is 1. The van der Waals surface area contributed by atoms with Crippen LogP contribution in [0.3, 0.4) is 0 Å². The number of carbonyl (C=O) groups is 1. The molecule has 5 heteroatoms. The fourth-order valence-electron chi connectivity index (χ4n) is 2.60. The van der Waals surface area contributed by atoms with Crippen molar-refractivity contribution < 1.29 is 9.53 Å². The van der Waals surface area contributed by atoms with Gasteiger partial charge in [-0.1, -0.05) is 19.9 Å².